The fraction of sp³-hybridized carbons (Fsp3) is 0.944. The second-order valence-corrected chi connectivity index (χ2v) is 15.0. The molecule has 0 N–H and O–H groups in total. The van der Waals surface area contributed by atoms with Gasteiger partial charge in [0.2, 0.25) is 0 Å². The van der Waals surface area contributed by atoms with Crippen LogP contribution in [0.25, 0.3) is 0 Å². The molecular weight excluding hydrogens is 448 g/mol. The van der Waals surface area contributed by atoms with E-state index in [9.17, 15) is 0 Å². The van der Waals surface area contributed by atoms with Crippen molar-refractivity contribution in [2.75, 3.05) is 0 Å². The Bertz CT molecular complexity index is 707. The lowest BCUT2D eigenvalue weighted by Crippen LogP contribution is -2.48. The molecule has 3 saturated carbocycles. The van der Waals surface area contributed by atoms with Gasteiger partial charge in [-0.05, 0) is 112 Å². The highest BCUT2D eigenvalue weighted by atomic mass is 16.5. The minimum atomic E-state index is 0.436. The molecule has 4 aliphatic rings. The van der Waals surface area contributed by atoms with E-state index in [0.29, 0.717) is 17.6 Å². The fourth-order valence-corrected chi connectivity index (χ4v) is 9.82. The zero-order valence-electron chi connectivity index (χ0n) is 25.9. The SMILES string of the molecule is CCCCCCCCC(C)O[C@H]1CC[C@@]2(C)C(=CC[C@H]3[C@H]4CC[C@H]([C@H](C)CCCC(C)C)[C@H]4CC[C@H]32)C1. The smallest absolute Gasteiger partial charge is 0.0616 e. The van der Waals surface area contributed by atoms with Crippen molar-refractivity contribution in [3.63, 3.8) is 0 Å². The fourth-order valence-electron chi connectivity index (χ4n) is 9.82. The molecule has 0 aromatic carbocycles. The minimum absolute atomic E-state index is 0.436. The van der Waals surface area contributed by atoms with Crippen LogP contribution in [0.5, 0.6) is 0 Å². The summed E-state index contributed by atoms with van der Waals surface area (Å²) in [6.07, 6.45) is 29.0. The van der Waals surface area contributed by atoms with Gasteiger partial charge in [0, 0.05) is 0 Å². The van der Waals surface area contributed by atoms with Crippen molar-refractivity contribution in [3.05, 3.63) is 11.6 Å². The van der Waals surface area contributed by atoms with Crippen molar-refractivity contribution in [2.45, 2.75) is 169 Å². The number of hydrogen-bond acceptors (Lipinski definition) is 1. The van der Waals surface area contributed by atoms with Crippen LogP contribution in [0.2, 0.25) is 0 Å². The Morgan fingerprint density at radius 1 is 0.811 bits per heavy atom. The summed E-state index contributed by atoms with van der Waals surface area (Å²) in [6, 6.07) is 0. The van der Waals surface area contributed by atoms with Crippen LogP contribution in [-0.4, -0.2) is 12.2 Å². The average Bonchev–Trinajstić information content (AvgIpc) is 3.31. The molecule has 0 spiro atoms. The Balaban J connectivity index is 1.27. The first-order chi connectivity index (χ1) is 17.8. The summed E-state index contributed by atoms with van der Waals surface area (Å²) in [4.78, 5) is 0. The van der Waals surface area contributed by atoms with E-state index in [1.165, 1.54) is 116 Å². The molecule has 37 heavy (non-hydrogen) atoms. The molecule has 1 unspecified atom stereocenters. The standard InChI is InChI=1S/C36H64O/c1-7-8-9-10-11-12-16-28(5)37-30-23-24-36(6)29(25-30)17-18-34-33-20-19-31(32(33)21-22-35(34)36)27(4)15-13-14-26(2)3/h17,26-28,30-35H,7-16,18-25H2,1-6H3/t27-,28?,30+,31-,32-,33+,34+,35-,36+/m1/s1. The molecule has 0 radical (unpaired) electrons. The van der Waals surface area contributed by atoms with E-state index in [2.05, 4.69) is 47.6 Å². The molecule has 0 aromatic heterocycles. The number of allylic oxidation sites excluding steroid dienone is 1. The predicted molar refractivity (Wildman–Crippen MR) is 161 cm³/mol. The van der Waals surface area contributed by atoms with Crippen LogP contribution in [0.3, 0.4) is 0 Å². The minimum Gasteiger partial charge on any atom is -0.375 e. The molecule has 0 amide bonds. The van der Waals surface area contributed by atoms with Crippen LogP contribution in [0.15, 0.2) is 11.6 Å². The van der Waals surface area contributed by atoms with Crippen LogP contribution in [-0.2, 0) is 4.74 Å². The molecule has 1 heteroatoms. The summed E-state index contributed by atoms with van der Waals surface area (Å²) < 4.78 is 6.66. The Hall–Kier alpha value is -0.300. The second-order valence-electron chi connectivity index (χ2n) is 15.0. The van der Waals surface area contributed by atoms with Crippen LogP contribution in [0.1, 0.15) is 157 Å². The quantitative estimate of drug-likeness (QED) is 0.166. The maximum Gasteiger partial charge on any atom is 0.0616 e. The van der Waals surface area contributed by atoms with E-state index >= 15 is 0 Å². The highest BCUT2D eigenvalue weighted by Gasteiger charge is 2.54. The molecule has 0 aliphatic heterocycles. The lowest BCUT2D eigenvalue weighted by atomic mass is 9.50. The topological polar surface area (TPSA) is 9.23 Å². The Morgan fingerprint density at radius 3 is 2.35 bits per heavy atom. The van der Waals surface area contributed by atoms with Gasteiger partial charge >= 0.3 is 0 Å². The lowest BCUT2D eigenvalue weighted by Gasteiger charge is -2.56. The zero-order valence-corrected chi connectivity index (χ0v) is 25.9. The van der Waals surface area contributed by atoms with Crippen LogP contribution in [0, 0.1) is 46.8 Å². The third kappa shape index (κ3) is 7.27. The first-order valence-electron chi connectivity index (χ1n) is 17.2. The summed E-state index contributed by atoms with van der Waals surface area (Å²) in [5.41, 5.74) is 2.27. The molecule has 0 bridgehead atoms. The van der Waals surface area contributed by atoms with Crippen molar-refractivity contribution >= 4 is 0 Å². The monoisotopic (exact) mass is 512 g/mol. The van der Waals surface area contributed by atoms with Gasteiger partial charge < -0.3 is 4.74 Å². The van der Waals surface area contributed by atoms with E-state index in [1.54, 1.807) is 5.57 Å². The molecule has 0 saturated heterocycles. The van der Waals surface area contributed by atoms with Gasteiger partial charge in [0.15, 0.2) is 0 Å². The summed E-state index contributed by atoms with van der Waals surface area (Å²) >= 11 is 0. The maximum absolute atomic E-state index is 6.66. The second kappa shape index (κ2) is 13.9. The van der Waals surface area contributed by atoms with Gasteiger partial charge in [-0.3, -0.25) is 0 Å². The molecule has 214 valence electrons. The third-order valence-corrected chi connectivity index (χ3v) is 12.0. The van der Waals surface area contributed by atoms with Crippen molar-refractivity contribution in [1.29, 1.82) is 0 Å². The van der Waals surface area contributed by atoms with E-state index in [1.807, 2.05) is 0 Å². The van der Waals surface area contributed by atoms with Crippen molar-refractivity contribution < 1.29 is 4.74 Å². The van der Waals surface area contributed by atoms with Gasteiger partial charge in [0.05, 0.1) is 12.2 Å². The van der Waals surface area contributed by atoms with E-state index in [4.69, 9.17) is 4.74 Å². The number of hydrogen-bond donors (Lipinski definition) is 0. The lowest BCUT2D eigenvalue weighted by molar-refractivity contribution is -0.0551. The first kappa shape index (κ1) is 29.7. The number of rotatable bonds is 14. The van der Waals surface area contributed by atoms with Gasteiger partial charge in [-0.15, -0.1) is 0 Å². The zero-order chi connectivity index (χ0) is 26.4. The Morgan fingerprint density at radius 2 is 1.57 bits per heavy atom. The first-order valence-corrected chi connectivity index (χ1v) is 17.2. The molecule has 9 atom stereocenters. The van der Waals surface area contributed by atoms with E-state index < -0.39 is 0 Å². The predicted octanol–water partition coefficient (Wildman–Crippen LogP) is 11.2. The maximum atomic E-state index is 6.66. The highest BCUT2D eigenvalue weighted by molar-refractivity contribution is 5.24. The van der Waals surface area contributed by atoms with Gasteiger partial charge in [-0.1, -0.05) is 104 Å². The summed E-state index contributed by atoms with van der Waals surface area (Å²) in [5, 5.41) is 0. The average molecular weight is 513 g/mol. The van der Waals surface area contributed by atoms with E-state index in [-0.39, 0.29) is 0 Å². The summed E-state index contributed by atoms with van der Waals surface area (Å²) in [7, 11) is 0. The Labute approximate surface area is 232 Å². The molecule has 0 heterocycles. The van der Waals surface area contributed by atoms with Crippen molar-refractivity contribution in [2.24, 2.45) is 46.8 Å². The third-order valence-electron chi connectivity index (χ3n) is 12.0. The van der Waals surface area contributed by atoms with Crippen LogP contribution < -0.4 is 0 Å². The highest BCUT2D eigenvalue weighted by Crippen LogP contribution is 2.63. The van der Waals surface area contributed by atoms with Gasteiger partial charge in [-0.25, -0.2) is 0 Å². The van der Waals surface area contributed by atoms with E-state index in [0.717, 1.165) is 41.4 Å². The molecule has 4 aliphatic carbocycles. The normalized spacial score (nSPS) is 37.0. The number of fused-ring (bicyclic) bond motifs is 5. The van der Waals surface area contributed by atoms with Crippen molar-refractivity contribution in [1.82, 2.24) is 0 Å². The van der Waals surface area contributed by atoms with Gasteiger partial charge in [-0.2, -0.15) is 0 Å². The summed E-state index contributed by atoms with van der Waals surface area (Å²) in [6.45, 7) is 14.7. The van der Waals surface area contributed by atoms with Crippen molar-refractivity contribution in [3.8, 4) is 0 Å². The number of ether oxygens (including phenoxy) is 1. The molecule has 3 fully saturated rings. The molecule has 4 rings (SSSR count). The molecule has 0 aromatic rings. The largest absolute Gasteiger partial charge is 0.375 e. The molecule has 1 nitrogen and oxygen atoms in total. The molecular formula is C36H64O. The number of unbranched alkanes of at least 4 members (excludes halogenated alkanes) is 5. The van der Waals surface area contributed by atoms with Gasteiger partial charge in [0.25, 0.3) is 0 Å². The summed E-state index contributed by atoms with van der Waals surface area (Å²) in [5.74, 6) is 6.82. The van der Waals surface area contributed by atoms with Crippen LogP contribution >= 0.6 is 0 Å². The van der Waals surface area contributed by atoms with Crippen LogP contribution in [0.4, 0.5) is 0 Å². The Kier molecular flexibility index (Phi) is 11.1. The van der Waals surface area contributed by atoms with Gasteiger partial charge in [0.1, 0.15) is 0 Å².